The van der Waals surface area contributed by atoms with Crippen molar-refractivity contribution in [2.45, 2.75) is 6.92 Å². The zero-order valence-electron chi connectivity index (χ0n) is 9.11. The molecule has 3 rings (SSSR count). The molecule has 0 fully saturated rings. The van der Waals surface area contributed by atoms with Gasteiger partial charge < -0.3 is 5.73 Å². The fourth-order valence-corrected chi connectivity index (χ4v) is 1.84. The van der Waals surface area contributed by atoms with Crippen LogP contribution in [0.5, 0.6) is 0 Å². The van der Waals surface area contributed by atoms with Crippen molar-refractivity contribution in [3.8, 4) is 0 Å². The lowest BCUT2D eigenvalue weighted by Crippen LogP contribution is -1.99. The summed E-state index contributed by atoms with van der Waals surface area (Å²) < 4.78 is 13.6. The average Bonchev–Trinajstić information content (AvgIpc) is 2.28. The predicted octanol–water partition coefficient (Wildman–Crippen LogP) is 2.21. The number of aryl methyl sites for hydroxylation is 1. The number of rotatable bonds is 0. The number of hydrogen-bond donors (Lipinski definition) is 1. The minimum absolute atomic E-state index is 0.303. The van der Waals surface area contributed by atoms with Crippen molar-refractivity contribution in [3.63, 3.8) is 0 Å². The molecule has 84 valence electrons. The molecular weight excluding hydrogens is 219 g/mol. The Balaban J connectivity index is 2.52. The molecule has 2 heterocycles. The zero-order valence-corrected chi connectivity index (χ0v) is 9.11. The van der Waals surface area contributed by atoms with Gasteiger partial charge in [-0.05, 0) is 19.1 Å². The van der Waals surface area contributed by atoms with E-state index in [1.165, 1.54) is 6.07 Å². The molecule has 17 heavy (non-hydrogen) atoms. The normalized spacial score (nSPS) is 11.2. The second-order valence-corrected chi connectivity index (χ2v) is 3.83. The molecule has 2 N–H and O–H groups in total. The molecule has 5 heteroatoms. The third-order valence-corrected chi connectivity index (χ3v) is 2.60. The van der Waals surface area contributed by atoms with Crippen LogP contribution in [-0.2, 0) is 0 Å². The first-order chi connectivity index (χ1) is 8.15. The van der Waals surface area contributed by atoms with Crippen LogP contribution in [0.1, 0.15) is 5.82 Å². The smallest absolute Gasteiger partial charge is 0.165 e. The Morgan fingerprint density at radius 2 is 2.00 bits per heavy atom. The number of hydrogen-bond acceptors (Lipinski definition) is 4. The number of fused-ring (bicyclic) bond motifs is 2. The number of halogens is 1. The first kappa shape index (κ1) is 9.89. The maximum atomic E-state index is 13.6. The van der Waals surface area contributed by atoms with Crippen molar-refractivity contribution in [1.82, 2.24) is 15.0 Å². The third-order valence-electron chi connectivity index (χ3n) is 2.60. The predicted molar refractivity (Wildman–Crippen MR) is 63.9 cm³/mol. The van der Waals surface area contributed by atoms with E-state index in [0.717, 1.165) is 0 Å². The van der Waals surface area contributed by atoms with Crippen molar-refractivity contribution in [1.29, 1.82) is 0 Å². The SMILES string of the molecule is Cc1nc(N)c2cc3cccc(F)c3nc2n1. The van der Waals surface area contributed by atoms with E-state index in [1.54, 1.807) is 25.1 Å². The van der Waals surface area contributed by atoms with Gasteiger partial charge in [0.05, 0.1) is 5.39 Å². The van der Waals surface area contributed by atoms with E-state index in [-0.39, 0.29) is 5.82 Å². The number of nitrogens with zero attached hydrogens (tertiary/aromatic N) is 3. The van der Waals surface area contributed by atoms with E-state index < -0.39 is 0 Å². The maximum absolute atomic E-state index is 13.6. The summed E-state index contributed by atoms with van der Waals surface area (Å²) in [6.45, 7) is 1.73. The molecule has 0 atom stereocenters. The summed E-state index contributed by atoms with van der Waals surface area (Å²) in [4.78, 5) is 12.4. The molecule has 0 aliphatic carbocycles. The number of nitrogens with two attached hydrogens (primary N) is 1. The largest absolute Gasteiger partial charge is 0.383 e. The van der Waals surface area contributed by atoms with Crippen LogP contribution in [0.4, 0.5) is 10.2 Å². The van der Waals surface area contributed by atoms with Crippen molar-refractivity contribution in [2.24, 2.45) is 0 Å². The zero-order chi connectivity index (χ0) is 12.0. The fraction of sp³-hybridized carbons (Fsp3) is 0.0833. The molecule has 0 unspecified atom stereocenters. The van der Waals surface area contributed by atoms with E-state index in [1.807, 2.05) is 0 Å². The number of nitrogen functional groups attached to an aromatic ring is 1. The standard InChI is InChI=1S/C12H9FN4/c1-6-15-11(14)8-5-7-3-2-4-9(13)10(7)17-12(8)16-6/h2-5H,1H3,(H2,14,15,16,17). The van der Waals surface area contributed by atoms with Crippen LogP contribution < -0.4 is 5.73 Å². The van der Waals surface area contributed by atoms with Gasteiger partial charge in [0.15, 0.2) is 5.65 Å². The number of pyridine rings is 1. The molecule has 0 saturated heterocycles. The Labute approximate surface area is 96.3 Å². The van der Waals surface area contributed by atoms with Crippen LogP contribution in [0.2, 0.25) is 0 Å². The number of aromatic nitrogens is 3. The minimum Gasteiger partial charge on any atom is -0.383 e. The Morgan fingerprint density at radius 1 is 1.18 bits per heavy atom. The molecule has 0 aliphatic rings. The minimum atomic E-state index is -0.362. The molecule has 0 amide bonds. The average molecular weight is 228 g/mol. The van der Waals surface area contributed by atoms with E-state index >= 15 is 0 Å². The topological polar surface area (TPSA) is 64.7 Å². The lowest BCUT2D eigenvalue weighted by Gasteiger charge is -2.04. The van der Waals surface area contributed by atoms with Gasteiger partial charge in [-0.3, -0.25) is 0 Å². The summed E-state index contributed by atoms with van der Waals surface area (Å²) in [6, 6.07) is 6.55. The van der Waals surface area contributed by atoms with Crippen LogP contribution in [0.25, 0.3) is 21.9 Å². The highest BCUT2D eigenvalue weighted by Crippen LogP contribution is 2.23. The van der Waals surface area contributed by atoms with Crippen molar-refractivity contribution in [2.75, 3.05) is 5.73 Å². The van der Waals surface area contributed by atoms with Gasteiger partial charge in [-0.25, -0.2) is 19.3 Å². The summed E-state index contributed by atoms with van der Waals surface area (Å²) in [5.41, 5.74) is 6.53. The summed E-state index contributed by atoms with van der Waals surface area (Å²) >= 11 is 0. The van der Waals surface area contributed by atoms with E-state index in [9.17, 15) is 4.39 Å². The summed E-state index contributed by atoms with van der Waals surface area (Å²) in [5, 5.41) is 1.34. The second kappa shape index (κ2) is 3.35. The summed E-state index contributed by atoms with van der Waals surface area (Å²) in [5.74, 6) is 0.531. The molecule has 0 saturated carbocycles. The molecular formula is C12H9FN4. The lowest BCUT2D eigenvalue weighted by molar-refractivity contribution is 0.637. The van der Waals surface area contributed by atoms with Crippen LogP contribution in [0.3, 0.4) is 0 Å². The van der Waals surface area contributed by atoms with Gasteiger partial charge in [-0.2, -0.15) is 0 Å². The van der Waals surface area contributed by atoms with Gasteiger partial charge in [0, 0.05) is 5.39 Å². The molecule has 3 aromatic rings. The third kappa shape index (κ3) is 1.47. The monoisotopic (exact) mass is 228 g/mol. The van der Waals surface area contributed by atoms with Crippen molar-refractivity contribution in [3.05, 3.63) is 35.9 Å². The van der Waals surface area contributed by atoms with Gasteiger partial charge in [0.2, 0.25) is 0 Å². The Morgan fingerprint density at radius 3 is 2.82 bits per heavy atom. The number of para-hydroxylation sites is 1. The van der Waals surface area contributed by atoms with Crippen LogP contribution in [0, 0.1) is 12.7 Å². The second-order valence-electron chi connectivity index (χ2n) is 3.83. The lowest BCUT2D eigenvalue weighted by atomic mass is 10.1. The van der Waals surface area contributed by atoms with E-state index in [4.69, 9.17) is 5.73 Å². The van der Waals surface area contributed by atoms with Gasteiger partial charge >= 0.3 is 0 Å². The number of benzene rings is 1. The maximum Gasteiger partial charge on any atom is 0.165 e. The van der Waals surface area contributed by atoms with Crippen LogP contribution in [0.15, 0.2) is 24.3 Å². The molecule has 1 aromatic carbocycles. The highest BCUT2D eigenvalue weighted by Gasteiger charge is 2.08. The molecule has 2 aromatic heterocycles. The van der Waals surface area contributed by atoms with Gasteiger partial charge in [0.25, 0.3) is 0 Å². The fourth-order valence-electron chi connectivity index (χ4n) is 1.84. The molecule has 0 spiro atoms. The van der Waals surface area contributed by atoms with Gasteiger partial charge in [0.1, 0.15) is 23.0 Å². The molecule has 4 nitrogen and oxygen atoms in total. The highest BCUT2D eigenvalue weighted by molar-refractivity contribution is 5.95. The summed E-state index contributed by atoms with van der Waals surface area (Å²) in [6.07, 6.45) is 0. The highest BCUT2D eigenvalue weighted by atomic mass is 19.1. The van der Waals surface area contributed by atoms with Crippen LogP contribution in [-0.4, -0.2) is 15.0 Å². The first-order valence-corrected chi connectivity index (χ1v) is 5.14. The summed E-state index contributed by atoms with van der Waals surface area (Å²) in [7, 11) is 0. The molecule has 0 aliphatic heterocycles. The van der Waals surface area contributed by atoms with Crippen molar-refractivity contribution < 1.29 is 4.39 Å². The quantitative estimate of drug-likeness (QED) is 0.599. The Bertz CT molecular complexity index is 739. The Hall–Kier alpha value is -2.30. The molecule has 0 bridgehead atoms. The molecule has 0 radical (unpaired) electrons. The van der Waals surface area contributed by atoms with Crippen molar-refractivity contribution >= 4 is 27.8 Å². The van der Waals surface area contributed by atoms with Crippen LogP contribution >= 0.6 is 0 Å². The first-order valence-electron chi connectivity index (χ1n) is 5.14. The van der Waals surface area contributed by atoms with E-state index in [2.05, 4.69) is 15.0 Å². The van der Waals surface area contributed by atoms with Gasteiger partial charge in [-0.1, -0.05) is 12.1 Å². The number of anilines is 1. The van der Waals surface area contributed by atoms with Gasteiger partial charge in [-0.15, -0.1) is 0 Å². The Kier molecular flexibility index (Phi) is 1.95. The van der Waals surface area contributed by atoms with E-state index in [0.29, 0.717) is 33.6 Å².